The van der Waals surface area contributed by atoms with E-state index in [4.69, 9.17) is 4.74 Å². The van der Waals surface area contributed by atoms with E-state index in [0.717, 1.165) is 28.1 Å². The Kier molecular flexibility index (Phi) is 5.12. The van der Waals surface area contributed by atoms with Crippen molar-refractivity contribution >= 4 is 5.69 Å². The molecule has 0 saturated heterocycles. The second-order valence-corrected chi connectivity index (χ2v) is 5.73. The lowest BCUT2D eigenvalue weighted by molar-refractivity contribution is 0.306. The van der Waals surface area contributed by atoms with E-state index < -0.39 is 0 Å². The first-order valence-electron chi connectivity index (χ1n) is 7.96. The molecule has 3 heteroatoms. The minimum Gasteiger partial charge on any atom is -0.489 e. The Balaban J connectivity index is 1.55. The van der Waals surface area contributed by atoms with E-state index >= 15 is 0 Å². The Hall–Kier alpha value is -2.81. The standard InChI is InChI=1S/C21H20FNO/c1-16-7-10-19(22)13-21(16)23-14-17-8-11-20(12-9-17)24-15-18-5-3-2-4-6-18/h2-13,23H,14-15H2,1H3. The SMILES string of the molecule is Cc1ccc(F)cc1NCc1ccc(OCc2ccccc2)cc1. The van der Waals surface area contributed by atoms with Gasteiger partial charge >= 0.3 is 0 Å². The van der Waals surface area contributed by atoms with E-state index in [0.29, 0.717) is 13.2 Å². The number of aryl methyl sites for hydroxylation is 1. The molecule has 0 amide bonds. The van der Waals surface area contributed by atoms with E-state index in [1.165, 1.54) is 12.1 Å². The number of hydrogen-bond donors (Lipinski definition) is 1. The lowest BCUT2D eigenvalue weighted by Gasteiger charge is -2.11. The number of hydrogen-bond acceptors (Lipinski definition) is 2. The first kappa shape index (κ1) is 16.1. The third-order valence-corrected chi connectivity index (χ3v) is 3.85. The number of benzene rings is 3. The summed E-state index contributed by atoms with van der Waals surface area (Å²) in [6, 6.07) is 22.8. The number of rotatable bonds is 6. The van der Waals surface area contributed by atoms with E-state index in [2.05, 4.69) is 5.32 Å². The Bertz CT molecular complexity index is 785. The quantitative estimate of drug-likeness (QED) is 0.663. The van der Waals surface area contributed by atoms with Crippen molar-refractivity contribution in [2.75, 3.05) is 5.32 Å². The van der Waals surface area contributed by atoms with Gasteiger partial charge in [0.05, 0.1) is 0 Å². The van der Waals surface area contributed by atoms with E-state index in [-0.39, 0.29) is 5.82 Å². The average Bonchev–Trinajstić information content (AvgIpc) is 2.62. The summed E-state index contributed by atoms with van der Waals surface area (Å²) in [6.07, 6.45) is 0. The highest BCUT2D eigenvalue weighted by Crippen LogP contribution is 2.18. The van der Waals surface area contributed by atoms with Crippen LogP contribution in [0.2, 0.25) is 0 Å². The van der Waals surface area contributed by atoms with Crippen LogP contribution >= 0.6 is 0 Å². The Morgan fingerprint density at radius 2 is 1.62 bits per heavy atom. The van der Waals surface area contributed by atoms with Gasteiger partial charge in [0.15, 0.2) is 0 Å². The van der Waals surface area contributed by atoms with Crippen molar-refractivity contribution in [1.29, 1.82) is 0 Å². The smallest absolute Gasteiger partial charge is 0.125 e. The lowest BCUT2D eigenvalue weighted by atomic mass is 10.1. The van der Waals surface area contributed by atoms with Gasteiger partial charge in [-0.25, -0.2) is 4.39 Å². The molecule has 0 radical (unpaired) electrons. The van der Waals surface area contributed by atoms with Crippen LogP contribution < -0.4 is 10.1 Å². The molecule has 0 aliphatic rings. The zero-order valence-electron chi connectivity index (χ0n) is 13.6. The largest absolute Gasteiger partial charge is 0.489 e. The van der Waals surface area contributed by atoms with Crippen molar-refractivity contribution in [3.05, 3.63) is 95.3 Å². The van der Waals surface area contributed by atoms with Gasteiger partial charge in [-0.05, 0) is 47.9 Å². The fourth-order valence-electron chi connectivity index (χ4n) is 2.43. The Morgan fingerprint density at radius 1 is 0.875 bits per heavy atom. The molecule has 122 valence electrons. The first-order chi connectivity index (χ1) is 11.7. The highest BCUT2D eigenvalue weighted by Gasteiger charge is 2.01. The van der Waals surface area contributed by atoms with Gasteiger partial charge in [-0.2, -0.15) is 0 Å². The van der Waals surface area contributed by atoms with Crippen molar-refractivity contribution in [1.82, 2.24) is 0 Å². The van der Waals surface area contributed by atoms with Gasteiger partial charge in [-0.3, -0.25) is 0 Å². The van der Waals surface area contributed by atoms with Crippen molar-refractivity contribution < 1.29 is 9.13 Å². The number of halogens is 1. The molecule has 0 heterocycles. The number of nitrogens with one attached hydrogen (secondary N) is 1. The molecule has 1 N–H and O–H groups in total. The van der Waals surface area contributed by atoms with Gasteiger partial charge in [0.1, 0.15) is 18.2 Å². The van der Waals surface area contributed by atoms with E-state index in [9.17, 15) is 4.39 Å². The van der Waals surface area contributed by atoms with Gasteiger partial charge in [-0.15, -0.1) is 0 Å². The summed E-state index contributed by atoms with van der Waals surface area (Å²) in [6.45, 7) is 3.16. The first-order valence-corrected chi connectivity index (χ1v) is 7.96. The molecule has 0 bridgehead atoms. The molecule has 0 fully saturated rings. The van der Waals surface area contributed by atoms with Gasteiger partial charge in [0, 0.05) is 12.2 Å². The Morgan fingerprint density at radius 3 is 2.38 bits per heavy atom. The molecule has 0 aromatic heterocycles. The zero-order chi connectivity index (χ0) is 16.8. The molecule has 0 spiro atoms. The molecule has 2 nitrogen and oxygen atoms in total. The summed E-state index contributed by atoms with van der Waals surface area (Å²) in [5, 5.41) is 3.27. The van der Waals surface area contributed by atoms with Gasteiger partial charge < -0.3 is 10.1 Å². The molecule has 0 atom stereocenters. The highest BCUT2D eigenvalue weighted by molar-refractivity contribution is 5.51. The van der Waals surface area contributed by atoms with Crippen LogP contribution in [0.25, 0.3) is 0 Å². The minimum atomic E-state index is -0.229. The summed E-state index contributed by atoms with van der Waals surface area (Å²) >= 11 is 0. The molecule has 0 aliphatic heterocycles. The second kappa shape index (κ2) is 7.64. The van der Waals surface area contributed by atoms with Crippen LogP contribution in [0, 0.1) is 12.7 Å². The number of anilines is 1. The van der Waals surface area contributed by atoms with Gasteiger partial charge in [0.2, 0.25) is 0 Å². The molecule has 24 heavy (non-hydrogen) atoms. The highest BCUT2D eigenvalue weighted by atomic mass is 19.1. The molecule has 3 aromatic carbocycles. The third kappa shape index (κ3) is 4.35. The van der Waals surface area contributed by atoms with Crippen LogP contribution in [0.3, 0.4) is 0 Å². The van der Waals surface area contributed by atoms with E-state index in [1.54, 1.807) is 6.07 Å². The van der Waals surface area contributed by atoms with Crippen molar-refractivity contribution in [3.8, 4) is 5.75 Å². The average molecular weight is 321 g/mol. The monoisotopic (exact) mass is 321 g/mol. The van der Waals surface area contributed by atoms with Crippen molar-refractivity contribution in [3.63, 3.8) is 0 Å². The normalized spacial score (nSPS) is 10.4. The lowest BCUT2D eigenvalue weighted by Crippen LogP contribution is -2.01. The maximum atomic E-state index is 13.3. The predicted molar refractivity (Wildman–Crippen MR) is 95.7 cm³/mol. The zero-order valence-corrected chi connectivity index (χ0v) is 13.6. The van der Waals surface area contributed by atoms with Crippen LogP contribution in [-0.4, -0.2) is 0 Å². The summed E-state index contributed by atoms with van der Waals surface area (Å²) in [4.78, 5) is 0. The fourth-order valence-corrected chi connectivity index (χ4v) is 2.43. The second-order valence-electron chi connectivity index (χ2n) is 5.73. The summed E-state index contributed by atoms with van der Waals surface area (Å²) < 4.78 is 19.1. The molecule has 0 saturated carbocycles. The van der Waals surface area contributed by atoms with Crippen LogP contribution in [-0.2, 0) is 13.2 Å². The molecule has 3 aromatic rings. The Labute approximate surface area is 141 Å². The van der Waals surface area contributed by atoms with Crippen LogP contribution in [0.15, 0.2) is 72.8 Å². The summed E-state index contributed by atoms with van der Waals surface area (Å²) in [5.41, 5.74) is 4.11. The molecule has 3 rings (SSSR count). The van der Waals surface area contributed by atoms with Gasteiger partial charge in [-0.1, -0.05) is 48.5 Å². The van der Waals surface area contributed by atoms with Gasteiger partial charge in [0.25, 0.3) is 0 Å². The number of ether oxygens (including phenoxy) is 1. The summed E-state index contributed by atoms with van der Waals surface area (Å²) in [7, 11) is 0. The maximum Gasteiger partial charge on any atom is 0.125 e. The maximum absolute atomic E-state index is 13.3. The van der Waals surface area contributed by atoms with Crippen LogP contribution in [0.1, 0.15) is 16.7 Å². The minimum absolute atomic E-state index is 0.229. The predicted octanol–water partition coefficient (Wildman–Crippen LogP) is 5.33. The molecule has 0 unspecified atom stereocenters. The molecular weight excluding hydrogens is 301 g/mol. The van der Waals surface area contributed by atoms with Crippen LogP contribution in [0.4, 0.5) is 10.1 Å². The van der Waals surface area contributed by atoms with E-state index in [1.807, 2.05) is 61.5 Å². The molecule has 0 aliphatic carbocycles. The topological polar surface area (TPSA) is 21.3 Å². The summed E-state index contributed by atoms with van der Waals surface area (Å²) in [5.74, 6) is 0.609. The van der Waals surface area contributed by atoms with Crippen LogP contribution in [0.5, 0.6) is 5.75 Å². The molecular formula is C21H20FNO. The van der Waals surface area contributed by atoms with Crippen molar-refractivity contribution in [2.45, 2.75) is 20.1 Å². The van der Waals surface area contributed by atoms with Crippen molar-refractivity contribution in [2.24, 2.45) is 0 Å². The fraction of sp³-hybridized carbons (Fsp3) is 0.143. The third-order valence-electron chi connectivity index (χ3n) is 3.85.